The number of amides is 1. The molecule has 0 unspecified atom stereocenters. The van der Waals surface area contributed by atoms with Crippen LogP contribution >= 0.6 is 11.8 Å². The summed E-state index contributed by atoms with van der Waals surface area (Å²) >= 11 is 1.48. The first-order valence-corrected chi connectivity index (χ1v) is 8.98. The summed E-state index contributed by atoms with van der Waals surface area (Å²) in [6, 6.07) is 7.80. The topological polar surface area (TPSA) is 41.9 Å². The van der Waals surface area contributed by atoms with E-state index in [1.54, 1.807) is 0 Å². The van der Waals surface area contributed by atoms with Crippen molar-refractivity contribution in [3.63, 3.8) is 0 Å². The van der Waals surface area contributed by atoms with Gasteiger partial charge in [-0.1, -0.05) is 18.2 Å². The molecule has 2 aliphatic heterocycles. The molecular formula is C18H22N2O2S. The lowest BCUT2D eigenvalue weighted by Crippen LogP contribution is -2.33. The van der Waals surface area contributed by atoms with Crippen LogP contribution in [0.4, 0.5) is 0 Å². The summed E-state index contributed by atoms with van der Waals surface area (Å²) in [5.74, 6) is 0.657. The number of amidine groups is 1. The molecule has 1 aromatic carbocycles. The van der Waals surface area contributed by atoms with Crippen molar-refractivity contribution in [1.82, 2.24) is 4.90 Å². The fourth-order valence-corrected chi connectivity index (χ4v) is 3.68. The van der Waals surface area contributed by atoms with Crippen LogP contribution in [-0.4, -0.2) is 35.2 Å². The van der Waals surface area contributed by atoms with E-state index in [2.05, 4.69) is 9.89 Å². The van der Waals surface area contributed by atoms with Crippen LogP contribution in [0.25, 0.3) is 6.08 Å². The van der Waals surface area contributed by atoms with Gasteiger partial charge in [0.25, 0.3) is 5.91 Å². The molecule has 0 bridgehead atoms. The first-order chi connectivity index (χ1) is 11.1. The normalized spacial score (nSPS) is 20.3. The van der Waals surface area contributed by atoms with Crippen molar-refractivity contribution in [2.75, 3.05) is 13.1 Å². The number of carbonyl (C=O) groups is 1. The average molecular weight is 330 g/mol. The van der Waals surface area contributed by atoms with Crippen LogP contribution in [0.15, 0.2) is 34.2 Å². The second-order valence-corrected chi connectivity index (χ2v) is 7.07. The Kier molecular flexibility index (Phi) is 5.06. The first-order valence-electron chi connectivity index (χ1n) is 8.16. The smallest absolute Gasteiger partial charge is 0.286 e. The minimum Gasteiger partial charge on any atom is -0.490 e. The van der Waals surface area contributed by atoms with Gasteiger partial charge in [0, 0.05) is 18.7 Å². The summed E-state index contributed by atoms with van der Waals surface area (Å²) < 4.78 is 5.82. The standard InChI is InChI=1S/C18H22N2O2S/c1-13(2)22-15-9-5-4-8-14(15)12-16-17(21)19-18(23-16)20-10-6-3-7-11-20/h4-5,8-9,12-13H,3,6-7,10-11H2,1-2H3/b16-12-. The van der Waals surface area contributed by atoms with Gasteiger partial charge in [-0.15, -0.1) is 0 Å². The van der Waals surface area contributed by atoms with Gasteiger partial charge < -0.3 is 9.64 Å². The second kappa shape index (κ2) is 7.21. The first kappa shape index (κ1) is 16.1. The highest BCUT2D eigenvalue weighted by Crippen LogP contribution is 2.33. The van der Waals surface area contributed by atoms with E-state index in [1.165, 1.54) is 31.0 Å². The lowest BCUT2D eigenvalue weighted by Gasteiger charge is -2.27. The Bertz CT molecular complexity index is 646. The quantitative estimate of drug-likeness (QED) is 0.788. The summed E-state index contributed by atoms with van der Waals surface area (Å²) in [5.41, 5.74) is 0.923. The maximum absolute atomic E-state index is 12.2. The van der Waals surface area contributed by atoms with Crippen LogP contribution in [0.5, 0.6) is 5.75 Å². The molecule has 0 aromatic heterocycles. The number of aliphatic imine (C=N–C) groups is 1. The summed E-state index contributed by atoms with van der Waals surface area (Å²) in [6.07, 6.45) is 5.62. The third-order valence-electron chi connectivity index (χ3n) is 3.80. The minimum absolute atomic E-state index is 0.0987. The molecule has 3 rings (SSSR count). The van der Waals surface area contributed by atoms with Gasteiger partial charge in [0.15, 0.2) is 5.17 Å². The maximum atomic E-state index is 12.2. The van der Waals surface area contributed by atoms with E-state index < -0.39 is 0 Å². The molecule has 0 aliphatic carbocycles. The van der Waals surface area contributed by atoms with Gasteiger partial charge in [0.05, 0.1) is 11.0 Å². The molecule has 4 nitrogen and oxygen atoms in total. The second-order valence-electron chi connectivity index (χ2n) is 6.06. The molecule has 0 atom stereocenters. The van der Waals surface area contributed by atoms with Crippen molar-refractivity contribution >= 4 is 28.9 Å². The molecule has 1 saturated heterocycles. The zero-order valence-corrected chi connectivity index (χ0v) is 14.4. The molecule has 5 heteroatoms. The fraction of sp³-hybridized carbons (Fsp3) is 0.444. The third kappa shape index (κ3) is 3.96. The predicted octanol–water partition coefficient (Wildman–Crippen LogP) is 3.93. The van der Waals surface area contributed by atoms with Crippen LogP contribution < -0.4 is 4.74 Å². The molecule has 2 heterocycles. The number of rotatable bonds is 3. The number of carbonyl (C=O) groups excluding carboxylic acids is 1. The molecular weight excluding hydrogens is 308 g/mol. The number of ether oxygens (including phenoxy) is 1. The van der Waals surface area contributed by atoms with Crippen molar-refractivity contribution in [3.05, 3.63) is 34.7 Å². The van der Waals surface area contributed by atoms with Gasteiger partial charge in [-0.2, -0.15) is 4.99 Å². The van der Waals surface area contributed by atoms with Crippen molar-refractivity contribution in [3.8, 4) is 5.75 Å². The number of piperidine rings is 1. The van der Waals surface area contributed by atoms with Gasteiger partial charge >= 0.3 is 0 Å². The lowest BCUT2D eigenvalue weighted by molar-refractivity contribution is -0.113. The summed E-state index contributed by atoms with van der Waals surface area (Å²) in [4.78, 5) is 19.4. The van der Waals surface area contributed by atoms with Gasteiger partial charge in [0.1, 0.15) is 5.75 Å². The Hall–Kier alpha value is -1.75. The van der Waals surface area contributed by atoms with Crippen molar-refractivity contribution in [2.24, 2.45) is 4.99 Å². The van der Waals surface area contributed by atoms with Crippen LogP contribution in [0, 0.1) is 0 Å². The minimum atomic E-state index is -0.144. The summed E-state index contributed by atoms with van der Waals surface area (Å²) in [5, 5.41) is 0.850. The number of likely N-dealkylation sites (tertiary alicyclic amines) is 1. The Morgan fingerprint density at radius 2 is 1.96 bits per heavy atom. The molecule has 122 valence electrons. The fourth-order valence-electron chi connectivity index (χ4n) is 2.72. The van der Waals surface area contributed by atoms with E-state index >= 15 is 0 Å². The Labute approximate surface area is 141 Å². The molecule has 1 fully saturated rings. The molecule has 0 spiro atoms. The van der Waals surface area contributed by atoms with Crippen LogP contribution in [0.1, 0.15) is 38.7 Å². The number of para-hydroxylation sites is 1. The molecule has 0 N–H and O–H groups in total. The molecule has 2 aliphatic rings. The number of hydrogen-bond donors (Lipinski definition) is 0. The van der Waals surface area contributed by atoms with E-state index in [9.17, 15) is 4.79 Å². The highest BCUT2D eigenvalue weighted by atomic mass is 32.2. The number of nitrogens with zero attached hydrogens (tertiary/aromatic N) is 2. The predicted molar refractivity (Wildman–Crippen MR) is 95.6 cm³/mol. The number of thioether (sulfide) groups is 1. The molecule has 1 amide bonds. The van der Waals surface area contributed by atoms with Crippen molar-refractivity contribution < 1.29 is 9.53 Å². The number of hydrogen-bond acceptors (Lipinski definition) is 4. The van der Waals surface area contributed by atoms with Gasteiger partial charge in [-0.05, 0) is 57.0 Å². The van der Waals surface area contributed by atoms with Crippen molar-refractivity contribution in [2.45, 2.75) is 39.2 Å². The average Bonchev–Trinajstić information content (AvgIpc) is 2.91. The number of benzene rings is 1. The van der Waals surface area contributed by atoms with E-state index in [0.29, 0.717) is 4.91 Å². The van der Waals surface area contributed by atoms with E-state index in [4.69, 9.17) is 4.74 Å². The Balaban J connectivity index is 1.78. The van der Waals surface area contributed by atoms with Gasteiger partial charge in [-0.3, -0.25) is 4.79 Å². The summed E-state index contributed by atoms with van der Waals surface area (Å²) in [6.45, 7) is 5.99. The SMILES string of the molecule is CC(C)Oc1ccccc1/C=C1\SC(N2CCCCC2)=NC1=O. The van der Waals surface area contributed by atoms with Crippen molar-refractivity contribution in [1.29, 1.82) is 0 Å². The third-order valence-corrected chi connectivity index (χ3v) is 4.85. The highest BCUT2D eigenvalue weighted by Gasteiger charge is 2.27. The summed E-state index contributed by atoms with van der Waals surface area (Å²) in [7, 11) is 0. The van der Waals surface area contributed by atoms with E-state index in [1.807, 2.05) is 44.2 Å². The lowest BCUT2D eigenvalue weighted by atomic mass is 10.1. The zero-order valence-electron chi connectivity index (χ0n) is 13.6. The van der Waals surface area contributed by atoms with E-state index in [0.717, 1.165) is 29.6 Å². The van der Waals surface area contributed by atoms with Gasteiger partial charge in [0.2, 0.25) is 0 Å². The van der Waals surface area contributed by atoms with Crippen LogP contribution in [0.2, 0.25) is 0 Å². The van der Waals surface area contributed by atoms with Gasteiger partial charge in [-0.25, -0.2) is 0 Å². The highest BCUT2D eigenvalue weighted by molar-refractivity contribution is 8.18. The molecule has 23 heavy (non-hydrogen) atoms. The van der Waals surface area contributed by atoms with Crippen LogP contribution in [-0.2, 0) is 4.79 Å². The Morgan fingerprint density at radius 3 is 2.70 bits per heavy atom. The maximum Gasteiger partial charge on any atom is 0.286 e. The van der Waals surface area contributed by atoms with Crippen LogP contribution in [0.3, 0.4) is 0 Å². The largest absolute Gasteiger partial charge is 0.490 e. The monoisotopic (exact) mass is 330 g/mol. The molecule has 0 radical (unpaired) electrons. The zero-order chi connectivity index (χ0) is 16.2. The molecule has 0 saturated carbocycles. The Morgan fingerprint density at radius 1 is 1.22 bits per heavy atom. The van der Waals surface area contributed by atoms with E-state index in [-0.39, 0.29) is 12.0 Å². The molecule has 1 aromatic rings.